The Balaban J connectivity index is 1.57. The van der Waals surface area contributed by atoms with E-state index in [1.165, 1.54) is 6.07 Å². The van der Waals surface area contributed by atoms with Crippen LogP contribution < -0.4 is 0 Å². The Morgan fingerprint density at radius 3 is 2.57 bits per heavy atom. The predicted molar refractivity (Wildman–Crippen MR) is 85.7 cm³/mol. The van der Waals surface area contributed by atoms with Crippen molar-refractivity contribution in [2.24, 2.45) is 11.3 Å². The van der Waals surface area contributed by atoms with E-state index in [0.717, 1.165) is 55.0 Å². The maximum absolute atomic E-state index is 13.6. The van der Waals surface area contributed by atoms with E-state index >= 15 is 0 Å². The summed E-state index contributed by atoms with van der Waals surface area (Å²) in [5.41, 5.74) is 1.56. The molecule has 1 aromatic heterocycles. The van der Waals surface area contributed by atoms with Crippen LogP contribution in [0.4, 0.5) is 4.39 Å². The average molecular weight is 313 g/mol. The molecule has 1 aromatic carbocycles. The molecule has 120 valence electrons. The number of hydrogen-bond donors (Lipinski definition) is 1. The van der Waals surface area contributed by atoms with Gasteiger partial charge in [0, 0.05) is 11.6 Å². The van der Waals surface area contributed by atoms with Crippen molar-refractivity contribution in [1.29, 1.82) is 0 Å². The van der Waals surface area contributed by atoms with Gasteiger partial charge in [0.1, 0.15) is 5.82 Å². The number of rotatable bonds is 3. The maximum Gasteiger partial charge on any atom is 0.309 e. The summed E-state index contributed by atoms with van der Waals surface area (Å²) in [5.74, 6) is -0.162. The minimum Gasteiger partial charge on any atom is -0.481 e. The Kier molecular flexibility index (Phi) is 3.36. The summed E-state index contributed by atoms with van der Waals surface area (Å²) < 4.78 is 13.6. The summed E-state index contributed by atoms with van der Waals surface area (Å²) in [6.07, 6.45) is 7.33. The van der Waals surface area contributed by atoms with Crippen molar-refractivity contribution >= 4 is 16.9 Å². The molecule has 0 saturated heterocycles. The van der Waals surface area contributed by atoms with Crippen molar-refractivity contribution in [1.82, 2.24) is 4.98 Å². The van der Waals surface area contributed by atoms with Crippen molar-refractivity contribution in [3.8, 4) is 0 Å². The van der Waals surface area contributed by atoms with Crippen LogP contribution in [0.3, 0.4) is 0 Å². The summed E-state index contributed by atoms with van der Waals surface area (Å²) in [5, 5.41) is 10.4. The molecule has 0 amide bonds. The largest absolute Gasteiger partial charge is 0.481 e. The third-order valence-corrected chi connectivity index (χ3v) is 5.90. The first kappa shape index (κ1) is 14.6. The minimum atomic E-state index is -0.614. The standard InChI is InChI=1S/C19H20FNO2/c20-14-5-6-17-16(11-14)15(7-10-21-17)12-1-3-13(4-2-12)19(8-9-19)18(22)23/h5-7,10-13H,1-4,8-9H2,(H,22,23)/t12-,13+. The number of aromatic nitrogens is 1. The van der Waals surface area contributed by atoms with Gasteiger partial charge in [-0.25, -0.2) is 4.39 Å². The van der Waals surface area contributed by atoms with Crippen LogP contribution in [0, 0.1) is 17.2 Å². The molecule has 23 heavy (non-hydrogen) atoms. The van der Waals surface area contributed by atoms with Gasteiger partial charge in [-0.05, 0) is 80.2 Å². The highest BCUT2D eigenvalue weighted by molar-refractivity contribution is 5.82. The average Bonchev–Trinajstić information content (AvgIpc) is 3.36. The second-order valence-electron chi connectivity index (χ2n) is 7.07. The van der Waals surface area contributed by atoms with E-state index in [-0.39, 0.29) is 5.82 Å². The SMILES string of the molecule is O=C(O)C1([C@H]2CC[C@@H](c3ccnc4ccc(F)cc43)CC2)CC1. The molecule has 2 aliphatic rings. The van der Waals surface area contributed by atoms with E-state index in [1.54, 1.807) is 18.3 Å². The van der Waals surface area contributed by atoms with Crippen LogP contribution in [-0.4, -0.2) is 16.1 Å². The fraction of sp³-hybridized carbons (Fsp3) is 0.474. The van der Waals surface area contributed by atoms with Crippen LogP contribution in [0.15, 0.2) is 30.5 Å². The topological polar surface area (TPSA) is 50.2 Å². The van der Waals surface area contributed by atoms with Crippen LogP contribution in [0.1, 0.15) is 50.0 Å². The first-order valence-electron chi connectivity index (χ1n) is 8.38. The highest BCUT2D eigenvalue weighted by atomic mass is 19.1. The van der Waals surface area contributed by atoms with E-state index in [1.807, 2.05) is 6.07 Å². The number of pyridine rings is 1. The molecule has 2 fully saturated rings. The quantitative estimate of drug-likeness (QED) is 0.907. The molecule has 2 saturated carbocycles. The minimum absolute atomic E-state index is 0.233. The molecule has 3 nitrogen and oxygen atoms in total. The summed E-state index contributed by atoms with van der Waals surface area (Å²) in [6, 6.07) is 6.74. The normalized spacial score (nSPS) is 26.1. The smallest absolute Gasteiger partial charge is 0.309 e. The zero-order valence-corrected chi connectivity index (χ0v) is 13.0. The number of nitrogens with zero attached hydrogens (tertiary/aromatic N) is 1. The molecule has 0 aliphatic heterocycles. The molecule has 4 heteroatoms. The van der Waals surface area contributed by atoms with Gasteiger partial charge in [-0.2, -0.15) is 0 Å². The lowest BCUT2D eigenvalue weighted by atomic mass is 9.72. The van der Waals surface area contributed by atoms with Crippen LogP contribution in [0.25, 0.3) is 10.9 Å². The zero-order chi connectivity index (χ0) is 16.0. The molecule has 0 atom stereocenters. The third-order valence-electron chi connectivity index (χ3n) is 5.90. The molecule has 2 aliphatic carbocycles. The number of benzene rings is 1. The van der Waals surface area contributed by atoms with Gasteiger partial charge >= 0.3 is 5.97 Å². The third kappa shape index (κ3) is 2.41. The summed E-state index contributed by atoms with van der Waals surface area (Å²) in [7, 11) is 0. The van der Waals surface area contributed by atoms with Gasteiger partial charge in [0.05, 0.1) is 10.9 Å². The summed E-state index contributed by atoms with van der Waals surface area (Å²) in [6.45, 7) is 0. The maximum atomic E-state index is 13.6. The Bertz CT molecular complexity index is 761. The molecule has 4 rings (SSSR count). The Morgan fingerprint density at radius 1 is 1.17 bits per heavy atom. The highest BCUT2D eigenvalue weighted by Crippen LogP contribution is 2.58. The van der Waals surface area contributed by atoms with E-state index in [4.69, 9.17) is 0 Å². The molecule has 0 bridgehead atoms. The number of carbonyl (C=O) groups is 1. The highest BCUT2D eigenvalue weighted by Gasteiger charge is 2.56. The fourth-order valence-electron chi connectivity index (χ4n) is 4.38. The van der Waals surface area contributed by atoms with Gasteiger partial charge in [0.15, 0.2) is 0 Å². The summed E-state index contributed by atoms with van der Waals surface area (Å²) >= 11 is 0. The van der Waals surface area contributed by atoms with Crippen LogP contribution in [0.2, 0.25) is 0 Å². The molecule has 1 N–H and O–H groups in total. The molecule has 1 heterocycles. The molecular formula is C19H20FNO2. The zero-order valence-electron chi connectivity index (χ0n) is 13.0. The number of fused-ring (bicyclic) bond motifs is 1. The lowest BCUT2D eigenvalue weighted by molar-refractivity contribution is -0.146. The van der Waals surface area contributed by atoms with E-state index in [2.05, 4.69) is 4.98 Å². The van der Waals surface area contributed by atoms with Crippen molar-refractivity contribution in [2.75, 3.05) is 0 Å². The van der Waals surface area contributed by atoms with E-state index in [9.17, 15) is 14.3 Å². The van der Waals surface area contributed by atoms with Gasteiger partial charge in [-0.15, -0.1) is 0 Å². The first-order valence-corrected chi connectivity index (χ1v) is 8.38. The van der Waals surface area contributed by atoms with Crippen LogP contribution in [-0.2, 0) is 4.79 Å². The van der Waals surface area contributed by atoms with Crippen molar-refractivity contribution in [3.63, 3.8) is 0 Å². The Hall–Kier alpha value is -1.97. The molecule has 0 spiro atoms. The molecule has 2 aromatic rings. The van der Waals surface area contributed by atoms with Crippen LogP contribution in [0.5, 0.6) is 0 Å². The fourth-order valence-corrected chi connectivity index (χ4v) is 4.38. The second kappa shape index (κ2) is 5.29. The van der Waals surface area contributed by atoms with Gasteiger partial charge in [0.2, 0.25) is 0 Å². The van der Waals surface area contributed by atoms with Crippen molar-refractivity contribution < 1.29 is 14.3 Å². The number of aliphatic carboxylic acids is 1. The number of hydrogen-bond acceptors (Lipinski definition) is 2. The monoisotopic (exact) mass is 313 g/mol. The molecule has 0 radical (unpaired) electrons. The number of halogens is 1. The Morgan fingerprint density at radius 2 is 1.91 bits per heavy atom. The molecular weight excluding hydrogens is 293 g/mol. The second-order valence-corrected chi connectivity index (χ2v) is 7.07. The van der Waals surface area contributed by atoms with Gasteiger partial charge in [-0.1, -0.05) is 0 Å². The van der Waals surface area contributed by atoms with Gasteiger partial charge in [-0.3, -0.25) is 9.78 Å². The lowest BCUT2D eigenvalue weighted by Gasteiger charge is -2.32. The van der Waals surface area contributed by atoms with E-state index in [0.29, 0.717) is 11.8 Å². The van der Waals surface area contributed by atoms with Crippen LogP contribution >= 0.6 is 0 Å². The van der Waals surface area contributed by atoms with Crippen molar-refractivity contribution in [2.45, 2.75) is 44.4 Å². The molecule has 0 unspecified atom stereocenters. The Labute approximate surface area is 134 Å². The first-order chi connectivity index (χ1) is 11.1. The van der Waals surface area contributed by atoms with Gasteiger partial charge in [0.25, 0.3) is 0 Å². The van der Waals surface area contributed by atoms with Gasteiger partial charge < -0.3 is 5.11 Å². The number of carboxylic acids is 1. The van der Waals surface area contributed by atoms with Crippen molar-refractivity contribution in [3.05, 3.63) is 41.8 Å². The summed E-state index contributed by atoms with van der Waals surface area (Å²) in [4.78, 5) is 15.8. The predicted octanol–water partition coefficient (Wildman–Crippen LogP) is 4.51. The number of carboxylic acid groups (broad SMARTS) is 1. The lowest BCUT2D eigenvalue weighted by Crippen LogP contribution is -2.28. The van der Waals surface area contributed by atoms with E-state index < -0.39 is 11.4 Å².